The van der Waals surface area contributed by atoms with E-state index in [1.165, 1.54) is 30.6 Å². The number of imidazole rings is 1. The fourth-order valence-corrected chi connectivity index (χ4v) is 5.22. The van der Waals surface area contributed by atoms with Gasteiger partial charge in [-0.05, 0) is 36.8 Å². The molecule has 0 amide bonds. The van der Waals surface area contributed by atoms with Crippen LogP contribution in [-0.4, -0.2) is 35.6 Å². The van der Waals surface area contributed by atoms with Gasteiger partial charge in [-0.1, -0.05) is 49.6 Å². The lowest BCUT2D eigenvalue weighted by molar-refractivity contribution is 0.0684. The molecule has 1 unspecified atom stereocenters. The Bertz CT molecular complexity index is 1450. The molecule has 5 rings (SSSR count). The number of hydrogen-bond acceptors (Lipinski definition) is 5. The van der Waals surface area contributed by atoms with Crippen molar-refractivity contribution >= 4 is 28.7 Å². The number of rotatable bonds is 7. The van der Waals surface area contributed by atoms with Gasteiger partial charge in [-0.25, -0.2) is 28.5 Å². The van der Waals surface area contributed by atoms with Gasteiger partial charge in [0.1, 0.15) is 29.0 Å². The fourth-order valence-electron chi connectivity index (χ4n) is 5.04. The van der Waals surface area contributed by atoms with Gasteiger partial charge in [0.15, 0.2) is 5.65 Å². The van der Waals surface area contributed by atoms with Crippen molar-refractivity contribution in [3.63, 3.8) is 0 Å². The van der Waals surface area contributed by atoms with Gasteiger partial charge < -0.3 is 9.67 Å². The van der Waals surface area contributed by atoms with Crippen molar-refractivity contribution in [2.24, 2.45) is 11.8 Å². The number of alkyl halides is 1. The van der Waals surface area contributed by atoms with Crippen LogP contribution in [0.4, 0.5) is 8.78 Å². The summed E-state index contributed by atoms with van der Waals surface area (Å²) in [6, 6.07) is 7.38. The molecule has 1 aliphatic carbocycles. The van der Waals surface area contributed by atoms with Crippen LogP contribution in [0.3, 0.4) is 0 Å². The highest BCUT2D eigenvalue weighted by atomic mass is 35.5. The molecule has 0 aliphatic heterocycles. The molecule has 37 heavy (non-hydrogen) atoms. The number of aromatic carboxylic acids is 1. The van der Waals surface area contributed by atoms with E-state index in [1.54, 1.807) is 12.1 Å². The van der Waals surface area contributed by atoms with Crippen molar-refractivity contribution in [2.75, 3.05) is 0 Å². The molecule has 1 aromatic carbocycles. The molecule has 1 atom stereocenters. The van der Waals surface area contributed by atoms with Gasteiger partial charge in [-0.2, -0.15) is 0 Å². The molecule has 3 heterocycles. The number of hydrogen-bond donors (Lipinski definition) is 1. The second kappa shape index (κ2) is 10.5. The van der Waals surface area contributed by atoms with Crippen molar-refractivity contribution < 1.29 is 18.7 Å². The van der Waals surface area contributed by atoms with Crippen molar-refractivity contribution in [3.8, 4) is 11.3 Å². The van der Waals surface area contributed by atoms with Gasteiger partial charge in [0.05, 0.1) is 5.02 Å². The van der Waals surface area contributed by atoms with Crippen molar-refractivity contribution in [3.05, 3.63) is 70.8 Å². The van der Waals surface area contributed by atoms with E-state index >= 15 is 4.39 Å². The highest BCUT2D eigenvalue weighted by Crippen LogP contribution is 2.35. The third kappa shape index (κ3) is 5.32. The molecule has 1 N–H and O–H groups in total. The summed E-state index contributed by atoms with van der Waals surface area (Å²) >= 11 is 6.18. The van der Waals surface area contributed by atoms with Gasteiger partial charge in [-0.3, -0.25) is 4.98 Å². The molecule has 0 spiro atoms. The highest BCUT2D eigenvalue weighted by Gasteiger charge is 2.27. The minimum absolute atomic E-state index is 0.0517. The van der Waals surface area contributed by atoms with Crippen LogP contribution in [0, 0.1) is 17.7 Å². The third-order valence-corrected chi connectivity index (χ3v) is 7.24. The normalized spacial score (nSPS) is 18.7. The summed E-state index contributed by atoms with van der Waals surface area (Å²) in [5.41, 5.74) is 1.38. The van der Waals surface area contributed by atoms with Crippen LogP contribution in [0.2, 0.25) is 5.02 Å². The van der Waals surface area contributed by atoms with Crippen LogP contribution >= 0.6 is 11.6 Å². The Balaban J connectivity index is 1.67. The summed E-state index contributed by atoms with van der Waals surface area (Å²) in [4.78, 5) is 29.0. The molecular formula is C27H26ClF2N5O2. The summed E-state index contributed by atoms with van der Waals surface area (Å²) in [6.07, 6.45) is 5.37. The van der Waals surface area contributed by atoms with Gasteiger partial charge in [0.25, 0.3) is 0 Å². The number of pyridine rings is 1. The van der Waals surface area contributed by atoms with Crippen LogP contribution < -0.4 is 0 Å². The summed E-state index contributed by atoms with van der Waals surface area (Å²) in [7, 11) is 0. The zero-order chi connectivity index (χ0) is 26.1. The number of carboxylic acid groups (broad SMARTS) is 1. The molecule has 0 radical (unpaired) electrons. The Labute approximate surface area is 217 Å². The Morgan fingerprint density at radius 1 is 1.16 bits per heavy atom. The molecule has 3 aromatic heterocycles. The smallest absolute Gasteiger partial charge is 0.374 e. The quantitative estimate of drug-likeness (QED) is 0.297. The van der Waals surface area contributed by atoms with Gasteiger partial charge >= 0.3 is 5.97 Å². The van der Waals surface area contributed by atoms with Crippen LogP contribution in [0.25, 0.3) is 22.4 Å². The van der Waals surface area contributed by atoms with Gasteiger partial charge in [0.2, 0.25) is 5.82 Å². The number of carbonyl (C=O) groups is 1. The first-order valence-corrected chi connectivity index (χ1v) is 12.7. The van der Waals surface area contributed by atoms with E-state index < -0.39 is 23.8 Å². The van der Waals surface area contributed by atoms with Crippen LogP contribution in [0.15, 0.2) is 42.7 Å². The topological polar surface area (TPSA) is 93.8 Å². The average Bonchev–Trinajstić information content (AvgIpc) is 3.21. The number of nitrogens with zero attached hydrogens (tertiary/aromatic N) is 5. The SMILES string of the molecule is CC1CCC(Cn2c(CC(F)c3ccccc3F)nc3nc(C(=O)O)nc(-c4cncc(Cl)c4)c32)CC1. The van der Waals surface area contributed by atoms with Crippen LogP contribution in [0.5, 0.6) is 0 Å². The van der Waals surface area contributed by atoms with Crippen LogP contribution in [-0.2, 0) is 13.0 Å². The molecule has 1 fully saturated rings. The molecule has 1 aliphatic rings. The van der Waals surface area contributed by atoms with E-state index in [2.05, 4.69) is 26.9 Å². The third-order valence-electron chi connectivity index (χ3n) is 7.03. The van der Waals surface area contributed by atoms with E-state index in [1.807, 2.05) is 4.57 Å². The Hall–Kier alpha value is -3.46. The Kier molecular flexibility index (Phi) is 7.15. The lowest BCUT2D eigenvalue weighted by atomic mass is 9.83. The standard InChI is InChI=1S/C27H26ClF2N5O2/c1-15-6-8-16(9-7-15)14-35-22(11-21(30)19-4-2-3-5-20(19)29)32-25-24(35)23(33-26(34-25)27(36)37)17-10-18(28)13-31-12-17/h2-5,10,12-13,15-16,21H,6-9,11,14H2,1H3,(H,36,37). The van der Waals surface area contributed by atoms with E-state index in [0.29, 0.717) is 46.0 Å². The Morgan fingerprint density at radius 3 is 2.62 bits per heavy atom. The number of aromatic nitrogens is 5. The lowest BCUT2D eigenvalue weighted by Crippen LogP contribution is -2.20. The molecule has 10 heteroatoms. The predicted molar refractivity (Wildman–Crippen MR) is 136 cm³/mol. The fraction of sp³-hybridized carbons (Fsp3) is 0.370. The van der Waals surface area contributed by atoms with Crippen LogP contribution in [0.1, 0.15) is 60.8 Å². The number of fused-ring (bicyclic) bond motifs is 1. The lowest BCUT2D eigenvalue weighted by Gasteiger charge is -2.27. The largest absolute Gasteiger partial charge is 0.475 e. The minimum atomic E-state index is -1.65. The maximum absolute atomic E-state index is 15.5. The highest BCUT2D eigenvalue weighted by molar-refractivity contribution is 6.30. The first kappa shape index (κ1) is 25.2. The van der Waals surface area contributed by atoms with E-state index in [0.717, 1.165) is 25.7 Å². The minimum Gasteiger partial charge on any atom is -0.475 e. The zero-order valence-corrected chi connectivity index (χ0v) is 21.0. The summed E-state index contributed by atoms with van der Waals surface area (Å²) in [5.74, 6) is -1.04. The Morgan fingerprint density at radius 2 is 1.92 bits per heavy atom. The molecule has 7 nitrogen and oxygen atoms in total. The van der Waals surface area contributed by atoms with Gasteiger partial charge in [0, 0.05) is 36.5 Å². The molecule has 192 valence electrons. The first-order chi connectivity index (χ1) is 17.8. The summed E-state index contributed by atoms with van der Waals surface area (Å²) in [5, 5.41) is 10.0. The van der Waals surface area contributed by atoms with Crippen molar-refractivity contribution in [1.82, 2.24) is 24.5 Å². The number of carboxylic acids is 1. The van der Waals surface area contributed by atoms with E-state index in [9.17, 15) is 14.3 Å². The molecule has 1 saturated carbocycles. The first-order valence-electron chi connectivity index (χ1n) is 12.3. The molecule has 4 aromatic rings. The average molecular weight is 526 g/mol. The zero-order valence-electron chi connectivity index (χ0n) is 20.2. The molecule has 0 saturated heterocycles. The summed E-state index contributed by atoms with van der Waals surface area (Å²) < 4.78 is 31.7. The number of halogens is 3. The summed E-state index contributed by atoms with van der Waals surface area (Å²) in [6.45, 7) is 2.78. The molecular weight excluding hydrogens is 500 g/mol. The second-order valence-corrected chi connectivity index (χ2v) is 10.2. The van der Waals surface area contributed by atoms with E-state index in [-0.39, 0.29) is 17.6 Å². The number of benzene rings is 1. The van der Waals surface area contributed by atoms with Gasteiger partial charge in [-0.15, -0.1) is 0 Å². The van der Waals surface area contributed by atoms with E-state index in [4.69, 9.17) is 11.6 Å². The monoisotopic (exact) mass is 525 g/mol. The second-order valence-electron chi connectivity index (χ2n) is 9.72. The maximum Gasteiger partial charge on any atom is 0.374 e. The van der Waals surface area contributed by atoms with Crippen molar-refractivity contribution in [1.29, 1.82) is 0 Å². The predicted octanol–water partition coefficient (Wildman–Crippen LogP) is 6.46. The maximum atomic E-state index is 15.5. The molecule has 0 bridgehead atoms. The van der Waals surface area contributed by atoms with Crippen molar-refractivity contribution in [2.45, 2.75) is 51.7 Å².